The van der Waals surface area contributed by atoms with Crippen molar-refractivity contribution in [2.75, 3.05) is 33.9 Å². The molecule has 1 saturated heterocycles. The average molecular weight is 336 g/mol. The molecular formula is C18H28N2O4. The number of carbonyl (C=O) groups excluding carboxylic acids is 1. The third-order valence-corrected chi connectivity index (χ3v) is 4.37. The number of amides is 2. The van der Waals surface area contributed by atoms with Crippen molar-refractivity contribution in [1.29, 1.82) is 0 Å². The van der Waals surface area contributed by atoms with Gasteiger partial charge in [0, 0.05) is 25.3 Å². The van der Waals surface area contributed by atoms with E-state index in [2.05, 4.69) is 5.32 Å². The van der Waals surface area contributed by atoms with Gasteiger partial charge >= 0.3 is 6.03 Å². The van der Waals surface area contributed by atoms with Crippen LogP contribution in [0.1, 0.15) is 38.3 Å². The lowest BCUT2D eigenvalue weighted by Gasteiger charge is -2.32. The number of piperidine rings is 1. The fraction of sp³-hybridized carbons (Fsp3) is 0.611. The van der Waals surface area contributed by atoms with E-state index in [9.17, 15) is 4.79 Å². The summed E-state index contributed by atoms with van der Waals surface area (Å²) in [7, 11) is 3.25. The number of hydrogen-bond donors (Lipinski definition) is 1. The van der Waals surface area contributed by atoms with Crippen molar-refractivity contribution in [2.24, 2.45) is 0 Å². The smallest absolute Gasteiger partial charge is 0.317 e. The molecule has 2 rings (SSSR count). The molecule has 1 aromatic carbocycles. The van der Waals surface area contributed by atoms with Crippen LogP contribution in [0.4, 0.5) is 4.79 Å². The van der Waals surface area contributed by atoms with Gasteiger partial charge in [0.1, 0.15) is 11.5 Å². The monoisotopic (exact) mass is 336 g/mol. The van der Waals surface area contributed by atoms with E-state index in [0.717, 1.165) is 49.6 Å². The van der Waals surface area contributed by atoms with Crippen molar-refractivity contribution >= 4 is 6.03 Å². The summed E-state index contributed by atoms with van der Waals surface area (Å²) in [5, 5.41) is 3.05. The minimum absolute atomic E-state index is 0.0534. The number of urea groups is 1. The highest BCUT2D eigenvalue weighted by molar-refractivity contribution is 5.75. The van der Waals surface area contributed by atoms with Gasteiger partial charge in [-0.05, 0) is 44.9 Å². The normalized spacial score (nSPS) is 16.6. The van der Waals surface area contributed by atoms with Crippen LogP contribution in [0.3, 0.4) is 0 Å². The zero-order valence-electron chi connectivity index (χ0n) is 15.0. The number of rotatable bonds is 6. The van der Waals surface area contributed by atoms with Crippen LogP contribution < -0.4 is 14.8 Å². The predicted octanol–water partition coefficient (Wildman–Crippen LogP) is 2.98. The average Bonchev–Trinajstić information content (AvgIpc) is 2.61. The Labute approximate surface area is 144 Å². The quantitative estimate of drug-likeness (QED) is 0.867. The van der Waals surface area contributed by atoms with E-state index in [-0.39, 0.29) is 18.2 Å². The first-order valence-corrected chi connectivity index (χ1v) is 8.48. The van der Waals surface area contributed by atoms with E-state index in [1.165, 1.54) is 0 Å². The van der Waals surface area contributed by atoms with Gasteiger partial charge in [-0.3, -0.25) is 0 Å². The molecule has 1 unspecified atom stereocenters. The fourth-order valence-corrected chi connectivity index (χ4v) is 2.99. The number of hydrogen-bond acceptors (Lipinski definition) is 4. The molecule has 24 heavy (non-hydrogen) atoms. The van der Waals surface area contributed by atoms with Gasteiger partial charge in [0.25, 0.3) is 0 Å². The van der Waals surface area contributed by atoms with Gasteiger partial charge in [0.05, 0.1) is 26.4 Å². The standard InChI is InChI=1S/C18H28N2O4/c1-5-24-14-8-10-20(11-9-14)18(21)19-13(2)16-12-15(22-3)6-7-17(16)23-4/h6-7,12-14H,5,8-11H2,1-4H3,(H,19,21). The van der Waals surface area contributed by atoms with Gasteiger partial charge in [-0.25, -0.2) is 4.79 Å². The summed E-state index contributed by atoms with van der Waals surface area (Å²) in [5.41, 5.74) is 0.898. The Bertz CT molecular complexity index is 542. The Morgan fingerprint density at radius 1 is 1.29 bits per heavy atom. The SMILES string of the molecule is CCOC1CCN(C(=O)NC(C)c2cc(OC)ccc2OC)CC1. The van der Waals surface area contributed by atoms with Crippen LogP contribution in [0.5, 0.6) is 11.5 Å². The number of nitrogens with one attached hydrogen (secondary N) is 1. The van der Waals surface area contributed by atoms with Crippen LogP contribution in [0.25, 0.3) is 0 Å². The second-order valence-electron chi connectivity index (χ2n) is 5.92. The Balaban J connectivity index is 1.97. The van der Waals surface area contributed by atoms with Crippen LogP contribution in [0.15, 0.2) is 18.2 Å². The van der Waals surface area contributed by atoms with Gasteiger partial charge in [-0.15, -0.1) is 0 Å². The van der Waals surface area contributed by atoms with Gasteiger partial charge in [-0.2, -0.15) is 0 Å². The molecule has 1 aromatic rings. The maximum atomic E-state index is 12.5. The van der Waals surface area contributed by atoms with Crippen molar-refractivity contribution in [2.45, 2.75) is 38.8 Å². The van der Waals surface area contributed by atoms with Gasteiger partial charge in [0.2, 0.25) is 0 Å². The molecular weight excluding hydrogens is 308 g/mol. The summed E-state index contributed by atoms with van der Waals surface area (Å²) >= 11 is 0. The lowest BCUT2D eigenvalue weighted by Crippen LogP contribution is -2.46. The minimum Gasteiger partial charge on any atom is -0.497 e. The van der Waals surface area contributed by atoms with Crippen molar-refractivity contribution in [3.63, 3.8) is 0 Å². The molecule has 1 fully saturated rings. The van der Waals surface area contributed by atoms with E-state index in [1.807, 2.05) is 36.9 Å². The fourth-order valence-electron chi connectivity index (χ4n) is 2.99. The number of ether oxygens (including phenoxy) is 3. The number of likely N-dealkylation sites (tertiary alicyclic amines) is 1. The molecule has 1 atom stereocenters. The first kappa shape index (κ1) is 18.4. The molecule has 1 N–H and O–H groups in total. The molecule has 2 amide bonds. The molecule has 134 valence electrons. The summed E-state index contributed by atoms with van der Waals surface area (Å²) in [6, 6.07) is 5.36. The summed E-state index contributed by atoms with van der Waals surface area (Å²) in [6.07, 6.45) is 2.05. The van der Waals surface area contributed by atoms with Gasteiger partial charge < -0.3 is 24.4 Å². The van der Waals surface area contributed by atoms with E-state index in [4.69, 9.17) is 14.2 Å². The largest absolute Gasteiger partial charge is 0.497 e. The highest BCUT2D eigenvalue weighted by Crippen LogP contribution is 2.29. The van der Waals surface area contributed by atoms with Crippen molar-refractivity contribution in [3.05, 3.63) is 23.8 Å². The predicted molar refractivity (Wildman–Crippen MR) is 92.7 cm³/mol. The first-order chi connectivity index (χ1) is 11.6. The Hall–Kier alpha value is -1.95. The lowest BCUT2D eigenvalue weighted by molar-refractivity contribution is 0.0218. The van der Waals surface area contributed by atoms with Crippen LogP contribution >= 0.6 is 0 Å². The zero-order valence-corrected chi connectivity index (χ0v) is 15.0. The number of benzene rings is 1. The van der Waals surface area contributed by atoms with Crippen LogP contribution in [0.2, 0.25) is 0 Å². The number of methoxy groups -OCH3 is 2. The maximum absolute atomic E-state index is 12.5. The summed E-state index contributed by atoms with van der Waals surface area (Å²) in [5.74, 6) is 1.48. The lowest BCUT2D eigenvalue weighted by atomic mass is 10.1. The van der Waals surface area contributed by atoms with Crippen LogP contribution in [0, 0.1) is 0 Å². The second-order valence-corrected chi connectivity index (χ2v) is 5.92. The number of carbonyl (C=O) groups is 1. The summed E-state index contributed by atoms with van der Waals surface area (Å²) in [4.78, 5) is 14.3. The molecule has 0 radical (unpaired) electrons. The second kappa shape index (κ2) is 8.78. The molecule has 0 aromatic heterocycles. The molecule has 0 bridgehead atoms. The third-order valence-electron chi connectivity index (χ3n) is 4.37. The maximum Gasteiger partial charge on any atom is 0.317 e. The molecule has 6 nitrogen and oxygen atoms in total. The highest BCUT2D eigenvalue weighted by Gasteiger charge is 2.24. The Kier molecular flexibility index (Phi) is 6.73. The molecule has 1 aliphatic rings. The van der Waals surface area contributed by atoms with Crippen LogP contribution in [-0.4, -0.2) is 51.0 Å². The molecule has 1 aliphatic heterocycles. The first-order valence-electron chi connectivity index (χ1n) is 8.48. The molecule has 0 aliphatic carbocycles. The summed E-state index contributed by atoms with van der Waals surface area (Å²) in [6.45, 7) is 6.12. The molecule has 6 heteroatoms. The topological polar surface area (TPSA) is 60.0 Å². The Morgan fingerprint density at radius 3 is 2.58 bits per heavy atom. The molecule has 0 saturated carbocycles. The van der Waals surface area contributed by atoms with Crippen LogP contribution in [-0.2, 0) is 4.74 Å². The summed E-state index contributed by atoms with van der Waals surface area (Å²) < 4.78 is 16.3. The molecule has 0 spiro atoms. The molecule has 1 heterocycles. The zero-order chi connectivity index (χ0) is 17.5. The van der Waals surface area contributed by atoms with Gasteiger partial charge in [0.15, 0.2) is 0 Å². The minimum atomic E-state index is -0.174. The van der Waals surface area contributed by atoms with E-state index < -0.39 is 0 Å². The van der Waals surface area contributed by atoms with Crippen molar-refractivity contribution in [1.82, 2.24) is 10.2 Å². The van der Waals surface area contributed by atoms with E-state index in [1.54, 1.807) is 14.2 Å². The third kappa shape index (κ3) is 4.54. The van der Waals surface area contributed by atoms with Gasteiger partial charge in [-0.1, -0.05) is 0 Å². The highest BCUT2D eigenvalue weighted by atomic mass is 16.5. The van der Waals surface area contributed by atoms with Crippen molar-refractivity contribution in [3.8, 4) is 11.5 Å². The Morgan fingerprint density at radius 2 is 2.00 bits per heavy atom. The van der Waals surface area contributed by atoms with E-state index in [0.29, 0.717) is 0 Å². The van der Waals surface area contributed by atoms with E-state index >= 15 is 0 Å². The number of nitrogens with zero attached hydrogens (tertiary/aromatic N) is 1. The van der Waals surface area contributed by atoms with Crippen molar-refractivity contribution < 1.29 is 19.0 Å².